The fourth-order valence-electron chi connectivity index (χ4n) is 0.670. The van der Waals surface area contributed by atoms with Crippen LogP contribution in [0.1, 0.15) is 20.8 Å². The Labute approximate surface area is 80.7 Å². The molecule has 0 fully saturated rings. The number of hydrogen-bond donors (Lipinski definition) is 1. The van der Waals surface area contributed by atoms with Gasteiger partial charge in [0, 0.05) is 17.5 Å². The van der Waals surface area contributed by atoms with Crippen molar-refractivity contribution in [1.82, 2.24) is 5.32 Å². The minimum atomic E-state index is 0.691. The van der Waals surface area contributed by atoms with Crippen LogP contribution in [0.5, 0.6) is 0 Å². The Morgan fingerprint density at radius 3 is 2.58 bits per heavy atom. The average molecular weight is 185 g/mol. The molecule has 0 heterocycles. The van der Waals surface area contributed by atoms with E-state index in [2.05, 4.69) is 32.0 Å². The summed E-state index contributed by atoms with van der Waals surface area (Å²) in [5.74, 6) is 4.48. The van der Waals surface area contributed by atoms with Crippen LogP contribution in [0.2, 0.25) is 0 Å². The van der Waals surface area contributed by atoms with Crippen molar-refractivity contribution in [3.8, 4) is 12.3 Å². The van der Waals surface area contributed by atoms with E-state index in [1.165, 1.54) is 0 Å². The molecule has 0 aliphatic heterocycles. The maximum absolute atomic E-state index is 5.10. The minimum absolute atomic E-state index is 0.691. The molecule has 1 atom stereocenters. The third-order valence-electron chi connectivity index (χ3n) is 1.83. The van der Waals surface area contributed by atoms with Crippen molar-refractivity contribution in [1.29, 1.82) is 0 Å². The first-order valence-electron chi connectivity index (χ1n) is 4.44. The van der Waals surface area contributed by atoms with Crippen LogP contribution in [0.4, 0.5) is 0 Å². The normalized spacial score (nSPS) is 12.9. The Bertz CT molecular complexity index is 137. The summed E-state index contributed by atoms with van der Waals surface area (Å²) in [5.41, 5.74) is 0. The first-order chi connectivity index (χ1) is 5.68. The SMILES string of the molecule is C#CCNCCSC(C)C(C)C. The molecular weight excluding hydrogens is 166 g/mol. The van der Waals surface area contributed by atoms with E-state index in [1.807, 2.05) is 11.8 Å². The van der Waals surface area contributed by atoms with Crippen molar-refractivity contribution in [2.24, 2.45) is 5.92 Å². The molecule has 1 N–H and O–H groups in total. The first-order valence-corrected chi connectivity index (χ1v) is 5.49. The molecule has 1 unspecified atom stereocenters. The van der Waals surface area contributed by atoms with Crippen molar-refractivity contribution in [3.63, 3.8) is 0 Å². The Hall–Kier alpha value is -0.130. The van der Waals surface area contributed by atoms with Gasteiger partial charge in [0.2, 0.25) is 0 Å². The Morgan fingerprint density at radius 2 is 2.08 bits per heavy atom. The first kappa shape index (κ1) is 11.9. The van der Waals surface area contributed by atoms with E-state index < -0.39 is 0 Å². The maximum Gasteiger partial charge on any atom is 0.0574 e. The summed E-state index contributed by atoms with van der Waals surface area (Å²) >= 11 is 2.00. The summed E-state index contributed by atoms with van der Waals surface area (Å²) in [7, 11) is 0. The molecule has 0 spiro atoms. The van der Waals surface area contributed by atoms with Gasteiger partial charge in [-0.25, -0.2) is 0 Å². The van der Waals surface area contributed by atoms with Crippen molar-refractivity contribution < 1.29 is 0 Å². The van der Waals surface area contributed by atoms with Crippen LogP contribution in [0.15, 0.2) is 0 Å². The molecule has 0 aliphatic rings. The lowest BCUT2D eigenvalue weighted by atomic mass is 10.2. The van der Waals surface area contributed by atoms with Gasteiger partial charge in [0.1, 0.15) is 0 Å². The summed E-state index contributed by atoms with van der Waals surface area (Å²) in [5, 5.41) is 3.92. The van der Waals surface area contributed by atoms with E-state index in [-0.39, 0.29) is 0 Å². The Morgan fingerprint density at radius 1 is 1.42 bits per heavy atom. The average Bonchev–Trinajstić information content (AvgIpc) is 2.03. The predicted octanol–water partition coefficient (Wildman–Crippen LogP) is 1.99. The second kappa shape index (κ2) is 7.52. The second-order valence-corrected chi connectivity index (χ2v) is 4.69. The predicted molar refractivity (Wildman–Crippen MR) is 58.5 cm³/mol. The van der Waals surface area contributed by atoms with Gasteiger partial charge in [0.05, 0.1) is 6.54 Å². The smallest absolute Gasteiger partial charge is 0.0574 e. The summed E-state index contributed by atoms with van der Waals surface area (Å²) in [6.45, 7) is 8.50. The lowest BCUT2D eigenvalue weighted by Gasteiger charge is -2.14. The van der Waals surface area contributed by atoms with Gasteiger partial charge < -0.3 is 5.32 Å². The number of hydrogen-bond acceptors (Lipinski definition) is 2. The fourth-order valence-corrected chi connectivity index (χ4v) is 1.69. The summed E-state index contributed by atoms with van der Waals surface area (Å²) in [6, 6.07) is 0. The summed E-state index contributed by atoms with van der Waals surface area (Å²) in [4.78, 5) is 0. The Kier molecular flexibility index (Phi) is 7.43. The standard InChI is InChI=1S/C10H19NS/c1-5-6-11-7-8-12-10(4)9(2)3/h1,9-11H,6-8H2,2-4H3. The molecule has 0 saturated carbocycles. The highest BCUT2D eigenvalue weighted by Gasteiger charge is 2.05. The molecule has 0 aliphatic carbocycles. The molecule has 0 bridgehead atoms. The van der Waals surface area contributed by atoms with Crippen LogP contribution in [0, 0.1) is 18.3 Å². The second-order valence-electron chi connectivity index (χ2n) is 3.20. The van der Waals surface area contributed by atoms with E-state index in [0.717, 1.165) is 23.5 Å². The molecule has 0 amide bonds. The van der Waals surface area contributed by atoms with Gasteiger partial charge in [-0.1, -0.05) is 26.7 Å². The number of nitrogens with one attached hydrogen (secondary N) is 1. The highest BCUT2D eigenvalue weighted by molar-refractivity contribution is 7.99. The van der Waals surface area contributed by atoms with Gasteiger partial charge in [-0.05, 0) is 5.92 Å². The quantitative estimate of drug-likeness (QED) is 0.502. The van der Waals surface area contributed by atoms with E-state index in [9.17, 15) is 0 Å². The summed E-state index contributed by atoms with van der Waals surface area (Å²) < 4.78 is 0. The zero-order valence-electron chi connectivity index (χ0n) is 8.26. The topological polar surface area (TPSA) is 12.0 Å². The monoisotopic (exact) mass is 185 g/mol. The molecule has 0 rings (SSSR count). The van der Waals surface area contributed by atoms with Crippen molar-refractivity contribution in [3.05, 3.63) is 0 Å². The van der Waals surface area contributed by atoms with Gasteiger partial charge in [-0.15, -0.1) is 6.42 Å². The molecule has 70 valence electrons. The molecule has 0 aromatic carbocycles. The minimum Gasteiger partial charge on any atom is -0.305 e. The Balaban J connectivity index is 3.15. The molecule has 12 heavy (non-hydrogen) atoms. The number of terminal acetylenes is 1. The molecular formula is C10H19NS. The molecule has 2 heteroatoms. The van der Waals surface area contributed by atoms with Crippen LogP contribution < -0.4 is 5.32 Å². The van der Waals surface area contributed by atoms with Crippen LogP contribution >= 0.6 is 11.8 Å². The largest absolute Gasteiger partial charge is 0.305 e. The van der Waals surface area contributed by atoms with E-state index in [4.69, 9.17) is 6.42 Å². The van der Waals surface area contributed by atoms with E-state index in [0.29, 0.717) is 6.54 Å². The van der Waals surface area contributed by atoms with Crippen molar-refractivity contribution in [2.45, 2.75) is 26.0 Å². The summed E-state index contributed by atoms with van der Waals surface area (Å²) in [6.07, 6.45) is 5.10. The third kappa shape index (κ3) is 6.57. The fraction of sp³-hybridized carbons (Fsp3) is 0.800. The van der Waals surface area contributed by atoms with Gasteiger partial charge in [0.25, 0.3) is 0 Å². The van der Waals surface area contributed by atoms with Gasteiger partial charge >= 0.3 is 0 Å². The van der Waals surface area contributed by atoms with Gasteiger partial charge in [-0.2, -0.15) is 11.8 Å². The molecule has 0 aromatic heterocycles. The lowest BCUT2D eigenvalue weighted by Crippen LogP contribution is -2.18. The van der Waals surface area contributed by atoms with Crippen LogP contribution in [0.3, 0.4) is 0 Å². The van der Waals surface area contributed by atoms with E-state index >= 15 is 0 Å². The molecule has 0 radical (unpaired) electrons. The third-order valence-corrected chi connectivity index (χ3v) is 3.34. The molecule has 1 nitrogen and oxygen atoms in total. The lowest BCUT2D eigenvalue weighted by molar-refractivity contribution is 0.641. The van der Waals surface area contributed by atoms with Crippen molar-refractivity contribution >= 4 is 11.8 Å². The molecule has 0 saturated heterocycles. The van der Waals surface area contributed by atoms with Gasteiger partial charge in [0.15, 0.2) is 0 Å². The molecule has 0 aromatic rings. The van der Waals surface area contributed by atoms with E-state index in [1.54, 1.807) is 0 Å². The van der Waals surface area contributed by atoms with Crippen LogP contribution in [0.25, 0.3) is 0 Å². The number of thioether (sulfide) groups is 1. The zero-order chi connectivity index (χ0) is 9.40. The highest BCUT2D eigenvalue weighted by atomic mass is 32.2. The number of rotatable bonds is 6. The maximum atomic E-state index is 5.10. The van der Waals surface area contributed by atoms with Crippen LogP contribution in [-0.4, -0.2) is 24.1 Å². The van der Waals surface area contributed by atoms with Gasteiger partial charge in [-0.3, -0.25) is 0 Å². The van der Waals surface area contributed by atoms with Crippen LogP contribution in [-0.2, 0) is 0 Å². The zero-order valence-corrected chi connectivity index (χ0v) is 9.08. The van der Waals surface area contributed by atoms with Crippen molar-refractivity contribution in [2.75, 3.05) is 18.8 Å². The highest BCUT2D eigenvalue weighted by Crippen LogP contribution is 2.17.